The predicted octanol–water partition coefficient (Wildman–Crippen LogP) is 16.2. The second-order valence-electron chi connectivity index (χ2n) is 18.0. The molecule has 0 unspecified atom stereocenters. The zero-order valence-corrected chi connectivity index (χ0v) is 36.5. The molecule has 11 aromatic carbocycles. The third-order valence-electron chi connectivity index (χ3n) is 14.8. The standard InChI is InChI=1S/C62H38N2OS/c65-66(58-26-12-7-21-48(58)49-22-8-13-27-59(49)66)60-28-14-9-23-50(60)51-34-31-40(36-61(51)66)39-29-32-43(33-30-39)63-54-24-10-5-19-46(54)52-37-53-47-20-6-11-25-55(47)64(57(53)38-56(52)63)62-44-17-3-1-15-41(44)35-42-16-2-4-18-45(42)62/h1-38H. The van der Waals surface area contributed by atoms with Crippen LogP contribution in [-0.2, 0) is 9.07 Å². The fraction of sp³-hybridized carbons (Fsp3) is 0. The Bertz CT molecular complexity index is 4230. The van der Waals surface area contributed by atoms with Crippen molar-refractivity contribution in [3.8, 4) is 44.8 Å². The minimum atomic E-state index is -3.95. The lowest BCUT2D eigenvalue weighted by atomic mass is 10.0. The number of para-hydroxylation sites is 2. The fourth-order valence-corrected chi connectivity index (χ4v) is 17.2. The summed E-state index contributed by atoms with van der Waals surface area (Å²) in [5, 5.41) is 9.80. The van der Waals surface area contributed by atoms with Crippen LogP contribution in [0.25, 0.3) is 110 Å². The van der Waals surface area contributed by atoms with E-state index in [1.54, 1.807) is 0 Å². The van der Waals surface area contributed by atoms with Gasteiger partial charge in [0.15, 0.2) is 0 Å². The van der Waals surface area contributed by atoms with Crippen molar-refractivity contribution in [3.05, 3.63) is 231 Å². The molecule has 3 nitrogen and oxygen atoms in total. The van der Waals surface area contributed by atoms with E-state index in [0.29, 0.717) is 0 Å². The molecule has 308 valence electrons. The van der Waals surface area contributed by atoms with Crippen LogP contribution in [0, 0.1) is 0 Å². The Morgan fingerprint density at radius 2 is 0.727 bits per heavy atom. The maximum Gasteiger partial charge on any atom is 0.0618 e. The largest absolute Gasteiger partial charge is 0.309 e. The van der Waals surface area contributed by atoms with Crippen LogP contribution in [0.5, 0.6) is 0 Å². The Morgan fingerprint density at radius 3 is 1.30 bits per heavy atom. The number of benzene rings is 11. The van der Waals surface area contributed by atoms with E-state index in [-0.39, 0.29) is 0 Å². The van der Waals surface area contributed by atoms with Gasteiger partial charge in [0.1, 0.15) is 0 Å². The molecule has 0 amide bonds. The van der Waals surface area contributed by atoms with Crippen molar-refractivity contribution in [2.24, 2.45) is 0 Å². The Hall–Kier alpha value is -8.31. The van der Waals surface area contributed by atoms with Gasteiger partial charge in [-0.3, -0.25) is 4.21 Å². The Balaban J connectivity index is 0.945. The maximum absolute atomic E-state index is 17.1. The van der Waals surface area contributed by atoms with E-state index in [1.165, 1.54) is 59.8 Å². The molecule has 66 heavy (non-hydrogen) atoms. The Morgan fingerprint density at radius 1 is 0.288 bits per heavy atom. The molecule has 0 saturated carbocycles. The molecule has 0 radical (unpaired) electrons. The SMILES string of the molecule is O=S12(c3ccccc3-c3ccccc31)c1ccccc1-c1ccc(-c3ccc(-n4c5ccccc5c5cc6c7ccccc7n(-c7c8ccccc8cc8ccccc78)c6cc54)cc3)cc12. The predicted molar refractivity (Wildman–Crippen MR) is 274 cm³/mol. The number of hydrogen-bond donors (Lipinski definition) is 0. The first-order chi connectivity index (χ1) is 32.6. The van der Waals surface area contributed by atoms with E-state index < -0.39 is 9.07 Å². The normalized spacial score (nSPS) is 14.8. The van der Waals surface area contributed by atoms with Crippen molar-refractivity contribution in [1.29, 1.82) is 0 Å². The summed E-state index contributed by atoms with van der Waals surface area (Å²) in [5.41, 5.74) is 13.3. The van der Waals surface area contributed by atoms with E-state index in [0.717, 1.165) is 69.7 Å². The van der Waals surface area contributed by atoms with Crippen LogP contribution in [0.4, 0.5) is 0 Å². The van der Waals surface area contributed by atoms with E-state index in [1.807, 2.05) is 18.2 Å². The van der Waals surface area contributed by atoms with Crippen molar-refractivity contribution < 1.29 is 4.21 Å². The topological polar surface area (TPSA) is 26.9 Å². The molecule has 0 bridgehead atoms. The van der Waals surface area contributed by atoms with Gasteiger partial charge >= 0.3 is 0 Å². The minimum Gasteiger partial charge on any atom is -0.309 e. The highest BCUT2D eigenvalue weighted by Gasteiger charge is 2.57. The van der Waals surface area contributed by atoms with Gasteiger partial charge in [0, 0.05) is 66.7 Å². The number of hydrogen-bond acceptors (Lipinski definition) is 1. The van der Waals surface area contributed by atoms with Crippen molar-refractivity contribution in [2.75, 3.05) is 0 Å². The summed E-state index contributed by atoms with van der Waals surface area (Å²) in [6, 6.07) is 83.0. The van der Waals surface area contributed by atoms with E-state index in [2.05, 4.69) is 221 Å². The molecule has 4 heteroatoms. The van der Waals surface area contributed by atoms with Gasteiger partial charge in [-0.25, -0.2) is 0 Å². The van der Waals surface area contributed by atoms with Gasteiger partial charge in [0.25, 0.3) is 0 Å². The molecule has 2 aromatic heterocycles. The van der Waals surface area contributed by atoms with Crippen LogP contribution in [0.2, 0.25) is 0 Å². The quantitative estimate of drug-likeness (QED) is 0.163. The van der Waals surface area contributed by atoms with Crippen LogP contribution < -0.4 is 0 Å². The molecule has 0 saturated heterocycles. The second kappa shape index (κ2) is 12.7. The summed E-state index contributed by atoms with van der Waals surface area (Å²) >= 11 is 0. The van der Waals surface area contributed by atoms with Crippen molar-refractivity contribution >= 4 is 74.2 Å². The average molecular weight is 859 g/mol. The van der Waals surface area contributed by atoms with Gasteiger partial charge in [0.2, 0.25) is 0 Å². The molecule has 1 spiro atoms. The lowest BCUT2D eigenvalue weighted by molar-refractivity contribution is 0.658. The van der Waals surface area contributed by atoms with Gasteiger partial charge in [-0.05, 0) is 111 Å². The van der Waals surface area contributed by atoms with Crippen LogP contribution >= 0.6 is 0 Å². The van der Waals surface area contributed by atoms with E-state index in [9.17, 15) is 0 Å². The van der Waals surface area contributed by atoms with Crippen molar-refractivity contribution in [2.45, 2.75) is 19.6 Å². The fourth-order valence-electron chi connectivity index (χ4n) is 12.0. The molecule has 0 aliphatic carbocycles. The minimum absolute atomic E-state index is 0.896. The van der Waals surface area contributed by atoms with E-state index in [4.69, 9.17) is 0 Å². The number of fused-ring (bicyclic) bond motifs is 18. The van der Waals surface area contributed by atoms with Crippen LogP contribution in [0.3, 0.4) is 0 Å². The molecule has 2 aliphatic rings. The highest BCUT2D eigenvalue weighted by atomic mass is 32.3. The van der Waals surface area contributed by atoms with Crippen LogP contribution in [0.1, 0.15) is 0 Å². The molecule has 0 fully saturated rings. The Labute approximate surface area is 380 Å². The monoisotopic (exact) mass is 858 g/mol. The molecule has 4 heterocycles. The van der Waals surface area contributed by atoms with E-state index >= 15 is 4.21 Å². The maximum atomic E-state index is 17.1. The third kappa shape index (κ3) is 4.35. The molecule has 13 aromatic rings. The van der Waals surface area contributed by atoms with Crippen molar-refractivity contribution in [3.63, 3.8) is 0 Å². The smallest absolute Gasteiger partial charge is 0.0618 e. The lowest BCUT2D eigenvalue weighted by Gasteiger charge is -2.38. The molecular weight excluding hydrogens is 821 g/mol. The first-order valence-electron chi connectivity index (χ1n) is 22.7. The highest BCUT2D eigenvalue weighted by Crippen LogP contribution is 2.71. The average Bonchev–Trinajstić information content (AvgIpc) is 4.03. The molecule has 0 atom stereocenters. The number of aromatic nitrogens is 2. The first-order valence-corrected chi connectivity index (χ1v) is 24.6. The lowest BCUT2D eigenvalue weighted by Crippen LogP contribution is -2.30. The van der Waals surface area contributed by atoms with Crippen LogP contribution in [0.15, 0.2) is 250 Å². The molecule has 2 aliphatic heterocycles. The van der Waals surface area contributed by atoms with Gasteiger partial charge in [-0.15, -0.1) is 0 Å². The zero-order chi connectivity index (χ0) is 43.3. The van der Waals surface area contributed by atoms with Crippen molar-refractivity contribution in [1.82, 2.24) is 9.13 Å². The van der Waals surface area contributed by atoms with Gasteiger partial charge in [0.05, 0.1) is 27.8 Å². The summed E-state index contributed by atoms with van der Waals surface area (Å²) in [4.78, 5) is 3.61. The highest BCUT2D eigenvalue weighted by molar-refractivity contribution is 8.21. The number of rotatable bonds is 3. The molecular formula is C62H38N2OS. The zero-order valence-electron chi connectivity index (χ0n) is 35.7. The van der Waals surface area contributed by atoms with Crippen LogP contribution in [-0.4, -0.2) is 13.3 Å². The summed E-state index contributed by atoms with van der Waals surface area (Å²) in [6.07, 6.45) is 0. The first kappa shape index (κ1) is 36.1. The summed E-state index contributed by atoms with van der Waals surface area (Å²) in [6.45, 7) is 0. The summed E-state index contributed by atoms with van der Waals surface area (Å²) in [5.74, 6) is 0. The summed E-state index contributed by atoms with van der Waals surface area (Å²) in [7, 11) is -3.95. The number of nitrogens with zero attached hydrogens (tertiary/aromatic N) is 2. The Kier molecular flexibility index (Phi) is 6.94. The van der Waals surface area contributed by atoms with Gasteiger partial charge in [-0.1, -0.05) is 164 Å². The van der Waals surface area contributed by atoms with Gasteiger partial charge in [-0.2, -0.15) is 0 Å². The third-order valence-corrected chi connectivity index (χ3v) is 19.6. The summed E-state index contributed by atoms with van der Waals surface area (Å²) < 4.78 is 22.0. The van der Waals surface area contributed by atoms with Gasteiger partial charge < -0.3 is 9.13 Å². The molecule has 0 N–H and O–H groups in total. The second-order valence-corrected chi connectivity index (χ2v) is 21.6. The molecule has 15 rings (SSSR count).